The summed E-state index contributed by atoms with van der Waals surface area (Å²) in [5.74, 6) is -0.402. The van der Waals surface area contributed by atoms with Crippen LogP contribution in [0.5, 0.6) is 0 Å². The van der Waals surface area contributed by atoms with E-state index >= 15 is 0 Å². The lowest BCUT2D eigenvalue weighted by atomic mass is 10.0. The highest BCUT2D eigenvalue weighted by Crippen LogP contribution is 2.28. The van der Waals surface area contributed by atoms with Crippen molar-refractivity contribution in [3.05, 3.63) is 75.0 Å². The van der Waals surface area contributed by atoms with Gasteiger partial charge in [-0.3, -0.25) is 0 Å². The van der Waals surface area contributed by atoms with Crippen molar-refractivity contribution in [1.82, 2.24) is 0 Å². The molecule has 1 aromatic carbocycles. The Hall–Kier alpha value is -3.59. The van der Waals surface area contributed by atoms with Crippen molar-refractivity contribution in [3.63, 3.8) is 0 Å². The van der Waals surface area contributed by atoms with Crippen molar-refractivity contribution in [1.29, 1.82) is 5.26 Å². The molecule has 0 amide bonds. The van der Waals surface area contributed by atoms with Gasteiger partial charge in [0.05, 0.1) is 6.26 Å². The van der Waals surface area contributed by atoms with E-state index in [9.17, 15) is 14.9 Å². The van der Waals surface area contributed by atoms with Gasteiger partial charge in [-0.2, -0.15) is 5.26 Å². The van der Waals surface area contributed by atoms with Gasteiger partial charge in [-0.15, -0.1) is 0 Å². The molecule has 0 aliphatic heterocycles. The lowest BCUT2D eigenvalue weighted by Gasteiger charge is -2.08. The molecule has 0 bridgehead atoms. The van der Waals surface area contributed by atoms with Crippen LogP contribution in [-0.2, 0) is 29.0 Å². The highest BCUT2D eigenvalue weighted by Gasteiger charge is 2.17. The van der Waals surface area contributed by atoms with E-state index in [1.165, 1.54) is 29.5 Å². The van der Waals surface area contributed by atoms with E-state index in [4.69, 9.17) is 13.6 Å². The lowest BCUT2D eigenvalue weighted by Crippen LogP contribution is -2.09. The number of hydrogen-bond acceptors (Lipinski definition) is 6. The number of carbonyl (C=O) groups excluding carboxylic acids is 1. The minimum absolute atomic E-state index is 0.128. The summed E-state index contributed by atoms with van der Waals surface area (Å²) >= 11 is 0. The maximum absolute atomic E-state index is 12.2. The second-order valence-electron chi connectivity index (χ2n) is 6.32. The maximum atomic E-state index is 12.2. The third kappa shape index (κ3) is 3.40. The zero-order valence-corrected chi connectivity index (χ0v) is 14.4. The number of furan rings is 1. The largest absolute Gasteiger partial charge is 0.465 e. The molecule has 6 heteroatoms. The molecule has 4 rings (SSSR count). The van der Waals surface area contributed by atoms with Crippen LogP contribution < -0.4 is 5.63 Å². The van der Waals surface area contributed by atoms with E-state index in [1.54, 1.807) is 18.2 Å². The first-order valence-corrected chi connectivity index (χ1v) is 8.55. The van der Waals surface area contributed by atoms with Gasteiger partial charge in [0.25, 0.3) is 0 Å². The van der Waals surface area contributed by atoms with Crippen LogP contribution >= 0.6 is 0 Å². The first kappa shape index (κ1) is 16.9. The monoisotopic (exact) mass is 361 g/mol. The van der Waals surface area contributed by atoms with Crippen LogP contribution in [0.2, 0.25) is 0 Å². The third-order valence-electron chi connectivity index (χ3n) is 4.57. The predicted molar refractivity (Wildman–Crippen MR) is 96.6 cm³/mol. The highest BCUT2D eigenvalue weighted by molar-refractivity contribution is 5.97. The van der Waals surface area contributed by atoms with Crippen molar-refractivity contribution >= 4 is 23.0 Å². The van der Waals surface area contributed by atoms with Gasteiger partial charge >= 0.3 is 11.6 Å². The molecule has 2 heterocycles. The number of benzene rings is 1. The molecule has 2 aromatic heterocycles. The van der Waals surface area contributed by atoms with Crippen molar-refractivity contribution in [2.45, 2.75) is 25.9 Å². The first-order chi connectivity index (χ1) is 13.1. The van der Waals surface area contributed by atoms with Crippen molar-refractivity contribution in [2.75, 3.05) is 0 Å². The van der Waals surface area contributed by atoms with Gasteiger partial charge in [0.2, 0.25) is 0 Å². The molecule has 0 unspecified atom stereocenters. The Bertz CT molecular complexity index is 1150. The summed E-state index contributed by atoms with van der Waals surface area (Å²) in [6.07, 6.45) is 5.78. The summed E-state index contributed by atoms with van der Waals surface area (Å²) in [6.45, 7) is -0.128. The fourth-order valence-corrected chi connectivity index (χ4v) is 3.29. The molecule has 134 valence electrons. The maximum Gasteiger partial charge on any atom is 0.349 e. The summed E-state index contributed by atoms with van der Waals surface area (Å²) in [6, 6.07) is 10.3. The fraction of sp³-hybridized carbons (Fsp3) is 0.190. The lowest BCUT2D eigenvalue weighted by molar-refractivity contribution is -0.139. The standard InChI is InChI=1S/C21H15NO5/c22-11-15(7-17-5-2-6-25-17)21(24)26-12-16-10-20(23)27-19-9-14-4-1-3-13(14)8-18(16)19/h2,5-10H,1,3-4,12H2/b15-7+. The van der Waals surface area contributed by atoms with Gasteiger partial charge < -0.3 is 13.6 Å². The molecular weight excluding hydrogens is 346 g/mol. The molecule has 1 aliphatic carbocycles. The van der Waals surface area contributed by atoms with E-state index in [2.05, 4.69) is 0 Å². The van der Waals surface area contributed by atoms with Crippen LogP contribution in [0.1, 0.15) is 28.9 Å². The smallest absolute Gasteiger partial charge is 0.349 e. The Balaban J connectivity index is 1.61. The van der Waals surface area contributed by atoms with E-state index in [0.29, 0.717) is 16.9 Å². The van der Waals surface area contributed by atoms with E-state index in [-0.39, 0.29) is 12.2 Å². The molecule has 0 spiro atoms. The van der Waals surface area contributed by atoms with E-state index < -0.39 is 11.6 Å². The highest BCUT2D eigenvalue weighted by atomic mass is 16.5. The molecule has 27 heavy (non-hydrogen) atoms. The average Bonchev–Trinajstić information content (AvgIpc) is 3.33. The van der Waals surface area contributed by atoms with Crippen LogP contribution in [0, 0.1) is 11.3 Å². The summed E-state index contributed by atoms with van der Waals surface area (Å²) in [7, 11) is 0. The average molecular weight is 361 g/mol. The molecule has 6 nitrogen and oxygen atoms in total. The Labute approximate surface area is 154 Å². The number of fused-ring (bicyclic) bond motifs is 2. The number of carbonyl (C=O) groups is 1. The zero-order chi connectivity index (χ0) is 18.8. The molecule has 0 saturated heterocycles. The number of rotatable bonds is 4. The number of aryl methyl sites for hydroxylation is 2. The molecule has 0 atom stereocenters. The van der Waals surface area contributed by atoms with Crippen LogP contribution in [-0.4, -0.2) is 5.97 Å². The Morgan fingerprint density at radius 3 is 2.81 bits per heavy atom. The molecule has 3 aromatic rings. The Kier molecular flexibility index (Phi) is 4.35. The Morgan fingerprint density at radius 1 is 1.26 bits per heavy atom. The van der Waals surface area contributed by atoms with Crippen LogP contribution in [0.25, 0.3) is 17.0 Å². The first-order valence-electron chi connectivity index (χ1n) is 8.55. The number of hydrogen-bond donors (Lipinski definition) is 0. The number of nitrogens with zero attached hydrogens (tertiary/aromatic N) is 1. The van der Waals surface area contributed by atoms with Crippen molar-refractivity contribution < 1.29 is 18.4 Å². The molecule has 0 radical (unpaired) electrons. The summed E-state index contributed by atoms with van der Waals surface area (Å²) in [5.41, 5.74) is 2.77. The molecule has 0 N–H and O–H groups in total. The normalized spacial score (nSPS) is 13.4. The van der Waals surface area contributed by atoms with Crippen LogP contribution in [0.4, 0.5) is 0 Å². The molecule has 1 aliphatic rings. The van der Waals surface area contributed by atoms with E-state index in [0.717, 1.165) is 24.6 Å². The van der Waals surface area contributed by atoms with Crippen LogP contribution in [0.15, 0.2) is 55.8 Å². The van der Waals surface area contributed by atoms with Gasteiger partial charge in [0.15, 0.2) is 0 Å². The summed E-state index contributed by atoms with van der Waals surface area (Å²) in [4.78, 5) is 24.1. The summed E-state index contributed by atoms with van der Waals surface area (Å²) < 4.78 is 15.7. The molecule has 0 saturated carbocycles. The molecular formula is C21H15NO5. The summed E-state index contributed by atoms with van der Waals surface area (Å²) in [5, 5.41) is 9.94. The minimum atomic E-state index is -0.781. The van der Waals surface area contributed by atoms with Gasteiger partial charge in [-0.25, -0.2) is 9.59 Å². The topological polar surface area (TPSA) is 93.4 Å². The van der Waals surface area contributed by atoms with Gasteiger partial charge in [0, 0.05) is 23.1 Å². The zero-order valence-electron chi connectivity index (χ0n) is 14.4. The van der Waals surface area contributed by atoms with Gasteiger partial charge in [-0.1, -0.05) is 0 Å². The fourth-order valence-electron chi connectivity index (χ4n) is 3.29. The van der Waals surface area contributed by atoms with Gasteiger partial charge in [0.1, 0.15) is 29.6 Å². The predicted octanol–water partition coefficient (Wildman–Crippen LogP) is 3.53. The molecule has 0 fully saturated rings. The minimum Gasteiger partial charge on any atom is -0.465 e. The second kappa shape index (κ2) is 6.96. The second-order valence-corrected chi connectivity index (χ2v) is 6.32. The quantitative estimate of drug-likeness (QED) is 0.305. The van der Waals surface area contributed by atoms with Gasteiger partial charge in [-0.05, 0) is 54.7 Å². The van der Waals surface area contributed by atoms with E-state index in [1.807, 2.05) is 12.1 Å². The number of nitriles is 1. The number of esters is 1. The SMILES string of the molecule is N#C/C(=C\c1ccco1)C(=O)OCc1cc(=O)oc2cc3c(cc12)CCC3. The number of ether oxygens (including phenoxy) is 1. The third-order valence-corrected chi connectivity index (χ3v) is 4.57. The Morgan fingerprint density at radius 2 is 2.07 bits per heavy atom. The van der Waals surface area contributed by atoms with Crippen LogP contribution in [0.3, 0.4) is 0 Å². The van der Waals surface area contributed by atoms with Crippen molar-refractivity contribution in [3.8, 4) is 6.07 Å². The van der Waals surface area contributed by atoms with Crippen molar-refractivity contribution in [2.24, 2.45) is 0 Å².